The van der Waals surface area contributed by atoms with Crippen LogP contribution in [0.25, 0.3) is 91.7 Å². The van der Waals surface area contributed by atoms with E-state index < -0.39 is 0 Å². The Morgan fingerprint density at radius 2 is 1.13 bits per heavy atom. The summed E-state index contributed by atoms with van der Waals surface area (Å²) < 4.78 is 25.5. The fourth-order valence-electron chi connectivity index (χ4n) is 6.98. The molecule has 12 heteroatoms. The molecule has 0 aromatic carbocycles. The molecular weight excluding hydrogens is 715 g/mol. The first-order valence-electron chi connectivity index (χ1n) is 15.7. The van der Waals surface area contributed by atoms with Gasteiger partial charge in [0, 0.05) is 49.9 Å². The molecule has 0 aliphatic carbocycles. The van der Waals surface area contributed by atoms with Crippen LogP contribution in [-0.2, 0) is 26.9 Å². The quantitative estimate of drug-likeness (QED) is 0.170. The van der Waals surface area contributed by atoms with Gasteiger partial charge in [0.2, 0.25) is 0 Å². The van der Waals surface area contributed by atoms with Gasteiger partial charge in [-0.15, -0.1) is 68.0 Å². The standard InChI is InChI=1S/C35H29N5S7/c1-14(2)7-16-9-19-30(41-16)34-28(39(19)5)32-23(45-34)11-21(43-32)18-13-36-26(27-25(18)37-47-38-27)22-12-24-33(44-22)29-35(46-24)31-20(40(29)6)10-17(42-31)8-15(3)4/h9-15H,7-8H2,1-6H3. The van der Waals surface area contributed by atoms with Crippen molar-refractivity contribution in [2.75, 3.05) is 0 Å². The van der Waals surface area contributed by atoms with E-state index in [0.717, 1.165) is 40.0 Å². The zero-order chi connectivity index (χ0) is 31.9. The molecule has 10 rings (SSSR count). The molecule has 0 N–H and O–H groups in total. The average molecular weight is 744 g/mol. The highest BCUT2D eigenvalue weighted by Gasteiger charge is 2.24. The minimum atomic E-state index is 0.667. The number of rotatable bonds is 6. The number of aryl methyl sites for hydroxylation is 2. The van der Waals surface area contributed by atoms with Gasteiger partial charge in [0.05, 0.1) is 66.9 Å². The second kappa shape index (κ2) is 10.4. The highest BCUT2D eigenvalue weighted by molar-refractivity contribution is 7.37. The normalized spacial score (nSPS) is 13.0. The Hall–Kier alpha value is -2.71. The van der Waals surface area contributed by atoms with Crippen molar-refractivity contribution in [3.8, 4) is 21.0 Å². The molecule has 0 saturated carbocycles. The fourth-order valence-corrected chi connectivity index (χ4v) is 16.0. The minimum Gasteiger partial charge on any atom is -0.341 e. The molecule has 0 saturated heterocycles. The van der Waals surface area contributed by atoms with Crippen LogP contribution in [0.4, 0.5) is 0 Å². The van der Waals surface area contributed by atoms with E-state index in [-0.39, 0.29) is 0 Å². The van der Waals surface area contributed by atoms with Gasteiger partial charge in [0.15, 0.2) is 0 Å². The van der Waals surface area contributed by atoms with Crippen LogP contribution in [0.3, 0.4) is 0 Å². The van der Waals surface area contributed by atoms with Crippen LogP contribution < -0.4 is 0 Å². The van der Waals surface area contributed by atoms with E-state index in [9.17, 15) is 0 Å². The molecule has 0 unspecified atom stereocenters. The van der Waals surface area contributed by atoms with Crippen LogP contribution in [0.5, 0.6) is 0 Å². The summed E-state index contributed by atoms with van der Waals surface area (Å²) >= 11 is 12.8. The predicted octanol–water partition coefficient (Wildman–Crippen LogP) is 12.8. The van der Waals surface area contributed by atoms with Gasteiger partial charge in [-0.05, 0) is 48.9 Å². The molecule has 5 nitrogen and oxygen atoms in total. The molecule has 0 fully saturated rings. The first-order valence-corrected chi connectivity index (χ1v) is 21.3. The van der Waals surface area contributed by atoms with Crippen molar-refractivity contribution in [2.24, 2.45) is 25.9 Å². The van der Waals surface area contributed by atoms with Gasteiger partial charge in [0.1, 0.15) is 16.7 Å². The first kappa shape index (κ1) is 29.2. The van der Waals surface area contributed by atoms with E-state index in [0.29, 0.717) is 11.8 Å². The Morgan fingerprint density at radius 1 is 0.596 bits per heavy atom. The van der Waals surface area contributed by atoms with Gasteiger partial charge < -0.3 is 9.13 Å². The molecular formula is C35H29N5S7. The van der Waals surface area contributed by atoms with Crippen molar-refractivity contribution in [1.29, 1.82) is 0 Å². The molecule has 0 spiro atoms. The Labute approximate surface area is 298 Å². The van der Waals surface area contributed by atoms with E-state index in [1.54, 1.807) is 0 Å². The van der Waals surface area contributed by atoms with E-state index in [2.05, 4.69) is 75.2 Å². The van der Waals surface area contributed by atoms with Gasteiger partial charge in [-0.1, -0.05) is 27.7 Å². The lowest BCUT2D eigenvalue weighted by atomic mass is 10.1. The third-order valence-electron chi connectivity index (χ3n) is 9.02. The zero-order valence-corrected chi connectivity index (χ0v) is 32.3. The van der Waals surface area contributed by atoms with Crippen LogP contribution >= 0.6 is 79.7 Å². The highest BCUT2D eigenvalue weighted by Crippen LogP contribution is 2.51. The summed E-state index contributed by atoms with van der Waals surface area (Å²) in [5, 5.41) is 0. The van der Waals surface area contributed by atoms with Crippen molar-refractivity contribution >= 4 is 150 Å². The molecule has 0 amide bonds. The number of aromatic nitrogens is 5. The van der Waals surface area contributed by atoms with Crippen LogP contribution in [-0.4, -0.2) is 22.9 Å². The van der Waals surface area contributed by atoms with Crippen LogP contribution in [0.15, 0.2) is 30.5 Å². The highest BCUT2D eigenvalue weighted by atomic mass is 32.1. The Morgan fingerprint density at radius 3 is 1.70 bits per heavy atom. The topological polar surface area (TPSA) is 48.5 Å². The van der Waals surface area contributed by atoms with Crippen molar-refractivity contribution in [3.63, 3.8) is 0 Å². The van der Waals surface area contributed by atoms with Crippen LogP contribution in [0.1, 0.15) is 37.4 Å². The molecule has 236 valence electrons. The van der Waals surface area contributed by atoms with Gasteiger partial charge >= 0.3 is 0 Å². The number of hydrogen-bond acceptors (Lipinski definition) is 10. The Bertz CT molecular complexity index is 2660. The van der Waals surface area contributed by atoms with Crippen molar-refractivity contribution in [3.05, 3.63) is 40.2 Å². The number of thiophene rings is 6. The van der Waals surface area contributed by atoms with Crippen molar-refractivity contribution in [2.45, 2.75) is 40.5 Å². The lowest BCUT2D eigenvalue weighted by Crippen LogP contribution is -1.90. The van der Waals surface area contributed by atoms with Gasteiger partial charge in [0.25, 0.3) is 0 Å². The van der Waals surface area contributed by atoms with Crippen LogP contribution in [0.2, 0.25) is 0 Å². The first-order chi connectivity index (χ1) is 22.7. The molecule has 0 aliphatic heterocycles. The summed E-state index contributed by atoms with van der Waals surface area (Å²) in [6.07, 6.45) is 4.32. The van der Waals surface area contributed by atoms with Crippen molar-refractivity contribution < 1.29 is 0 Å². The van der Waals surface area contributed by atoms with Gasteiger partial charge in [-0.3, -0.25) is 4.98 Å². The SMILES string of the molecule is CC(C)Cc1cc2c(s1)c1sc3cc(-c4cnc(-c5cc6sc7c8sc(CC(C)C)cc8n(C)c7c6s5)c5nsnc45)sc3c1n2C. The molecule has 10 heterocycles. The van der Waals surface area contributed by atoms with E-state index in [1.807, 2.05) is 74.2 Å². The Kier molecular flexibility index (Phi) is 6.47. The minimum absolute atomic E-state index is 0.667. The smallest absolute Gasteiger partial charge is 0.132 e. The Balaban J connectivity index is 1.06. The molecule has 0 aliphatic rings. The lowest BCUT2D eigenvalue weighted by molar-refractivity contribution is 0.654. The predicted molar refractivity (Wildman–Crippen MR) is 213 cm³/mol. The summed E-state index contributed by atoms with van der Waals surface area (Å²) in [5.41, 5.74) is 9.31. The fraction of sp³-hybridized carbons (Fsp3) is 0.286. The number of fused-ring (bicyclic) bond motifs is 11. The maximum absolute atomic E-state index is 5.09. The number of pyridine rings is 1. The second-order valence-electron chi connectivity index (χ2n) is 13.3. The summed E-state index contributed by atoms with van der Waals surface area (Å²) in [5.74, 6) is 1.34. The maximum Gasteiger partial charge on any atom is 0.132 e. The van der Waals surface area contributed by atoms with E-state index in [1.165, 1.54) is 86.0 Å². The molecule has 0 radical (unpaired) electrons. The second-order valence-corrected chi connectivity index (χ2v) is 20.3. The lowest BCUT2D eigenvalue weighted by Gasteiger charge is -2.02. The third-order valence-corrected chi connectivity index (χ3v) is 17.0. The maximum atomic E-state index is 5.09. The molecule has 10 aromatic heterocycles. The van der Waals surface area contributed by atoms with Crippen LogP contribution in [0, 0.1) is 11.8 Å². The average Bonchev–Trinajstić information content (AvgIpc) is 3.85. The summed E-state index contributed by atoms with van der Waals surface area (Å²) in [7, 11) is 4.45. The third kappa shape index (κ3) is 4.22. The van der Waals surface area contributed by atoms with Gasteiger partial charge in [-0.2, -0.15) is 8.75 Å². The molecule has 47 heavy (non-hydrogen) atoms. The van der Waals surface area contributed by atoms with E-state index >= 15 is 0 Å². The van der Waals surface area contributed by atoms with Crippen molar-refractivity contribution in [1.82, 2.24) is 22.9 Å². The van der Waals surface area contributed by atoms with Gasteiger partial charge in [-0.25, -0.2) is 0 Å². The number of hydrogen-bond donors (Lipinski definition) is 0. The zero-order valence-electron chi connectivity index (χ0n) is 26.5. The summed E-state index contributed by atoms with van der Waals surface area (Å²) in [4.78, 5) is 10.4. The largest absolute Gasteiger partial charge is 0.341 e. The summed E-state index contributed by atoms with van der Waals surface area (Å²) in [6, 6.07) is 9.48. The number of nitrogens with zero attached hydrogens (tertiary/aromatic N) is 5. The monoisotopic (exact) mass is 743 g/mol. The summed E-state index contributed by atoms with van der Waals surface area (Å²) in [6.45, 7) is 9.20. The molecule has 10 aromatic rings. The molecule has 0 atom stereocenters. The molecule has 0 bridgehead atoms. The van der Waals surface area contributed by atoms with E-state index in [4.69, 9.17) is 13.7 Å².